The molecule has 1 saturated heterocycles. The Balaban J connectivity index is 2.92. The molecule has 0 atom stereocenters. The van der Waals surface area contributed by atoms with Crippen LogP contribution in [0.15, 0.2) is 0 Å². The van der Waals surface area contributed by atoms with Gasteiger partial charge in [-0.25, -0.2) is 0 Å². The summed E-state index contributed by atoms with van der Waals surface area (Å²) in [5.74, 6) is -4.10. The Bertz CT molecular complexity index is 555. The minimum absolute atomic E-state index is 0.222. The van der Waals surface area contributed by atoms with E-state index in [1.165, 1.54) is 0 Å². The summed E-state index contributed by atoms with van der Waals surface area (Å²) in [6, 6.07) is 0. The number of ether oxygens (including phenoxy) is 1. The van der Waals surface area contributed by atoms with Crippen molar-refractivity contribution in [2.24, 2.45) is 0 Å². The van der Waals surface area contributed by atoms with Crippen molar-refractivity contribution < 1.29 is 44.3 Å². The molecule has 178 valence electrons. The summed E-state index contributed by atoms with van der Waals surface area (Å²) in [5.41, 5.74) is 0. The third kappa shape index (κ3) is 13.6. The predicted molar refractivity (Wildman–Crippen MR) is 107 cm³/mol. The van der Waals surface area contributed by atoms with E-state index in [1.807, 2.05) is 0 Å². The number of carboxylic acids is 4. The second-order valence-electron chi connectivity index (χ2n) is 7.29. The first-order chi connectivity index (χ1) is 14.7. The van der Waals surface area contributed by atoms with Crippen LogP contribution in [-0.2, 0) is 23.9 Å². The van der Waals surface area contributed by atoms with E-state index in [1.54, 1.807) is 19.6 Å². The second-order valence-corrected chi connectivity index (χ2v) is 7.29. The Morgan fingerprint density at radius 2 is 0.710 bits per heavy atom. The van der Waals surface area contributed by atoms with Crippen LogP contribution < -0.4 is 0 Å². The van der Waals surface area contributed by atoms with Crippen LogP contribution in [0.1, 0.15) is 0 Å². The molecule has 0 bridgehead atoms. The van der Waals surface area contributed by atoms with E-state index in [9.17, 15) is 29.4 Å². The predicted octanol–water partition coefficient (Wildman–Crippen LogP) is -2.44. The lowest BCUT2D eigenvalue weighted by Gasteiger charge is -2.29. The van der Waals surface area contributed by atoms with Gasteiger partial charge < -0.3 is 25.2 Å². The van der Waals surface area contributed by atoms with E-state index in [0.29, 0.717) is 39.3 Å². The third-order valence-electron chi connectivity index (χ3n) is 4.74. The molecule has 1 aliphatic rings. The first kappa shape index (κ1) is 26.7. The maximum absolute atomic E-state index is 11.2. The third-order valence-corrected chi connectivity index (χ3v) is 4.74. The highest BCUT2D eigenvalue weighted by molar-refractivity contribution is 5.70. The number of nitrogens with zero attached hydrogens (tertiary/aromatic N) is 4. The van der Waals surface area contributed by atoms with Crippen molar-refractivity contribution in [3.05, 3.63) is 0 Å². The van der Waals surface area contributed by atoms with Crippen LogP contribution in [-0.4, -0.2) is 156 Å². The Hall–Kier alpha value is -2.32. The molecule has 0 unspecified atom stereocenters. The molecule has 0 radical (unpaired) electrons. The minimum Gasteiger partial charge on any atom is -0.480 e. The fourth-order valence-electron chi connectivity index (χ4n) is 3.18. The second kappa shape index (κ2) is 14.6. The summed E-state index contributed by atoms with van der Waals surface area (Å²) in [5, 5.41) is 36.6. The Morgan fingerprint density at radius 3 is 0.935 bits per heavy atom. The maximum Gasteiger partial charge on any atom is 0.317 e. The van der Waals surface area contributed by atoms with Gasteiger partial charge in [-0.1, -0.05) is 0 Å². The van der Waals surface area contributed by atoms with Crippen molar-refractivity contribution in [3.63, 3.8) is 0 Å². The quantitative estimate of drug-likeness (QED) is 0.309. The van der Waals surface area contributed by atoms with Gasteiger partial charge in [0.2, 0.25) is 0 Å². The number of carboxylic acid groups (broad SMARTS) is 4. The first-order valence-corrected chi connectivity index (χ1v) is 10.00. The van der Waals surface area contributed by atoms with Crippen molar-refractivity contribution in [2.75, 3.05) is 91.8 Å². The molecule has 0 spiro atoms. The van der Waals surface area contributed by atoms with Crippen molar-refractivity contribution in [1.82, 2.24) is 19.6 Å². The molecule has 13 nitrogen and oxygen atoms in total. The van der Waals surface area contributed by atoms with Gasteiger partial charge in [0, 0.05) is 52.4 Å². The SMILES string of the molecule is O=C(O)CN1CCOCCN(CC(=O)O)CCN(CC(=O)O)CCN(CC(=O)O)CC1. The van der Waals surface area contributed by atoms with E-state index < -0.39 is 23.9 Å². The highest BCUT2D eigenvalue weighted by Gasteiger charge is 2.19. The molecule has 0 aromatic carbocycles. The van der Waals surface area contributed by atoms with Crippen LogP contribution in [0.2, 0.25) is 0 Å². The maximum atomic E-state index is 11.2. The summed E-state index contributed by atoms with van der Waals surface area (Å²) in [7, 11) is 0. The normalized spacial score (nSPS) is 19.9. The number of carbonyl (C=O) groups is 4. The molecule has 1 aliphatic heterocycles. The molecule has 4 N–H and O–H groups in total. The zero-order valence-corrected chi connectivity index (χ0v) is 17.5. The number of hydrogen-bond donors (Lipinski definition) is 4. The summed E-state index contributed by atoms with van der Waals surface area (Å²) >= 11 is 0. The lowest BCUT2D eigenvalue weighted by atomic mass is 10.3. The van der Waals surface area contributed by atoms with Gasteiger partial charge in [0.05, 0.1) is 39.4 Å². The molecule has 1 fully saturated rings. The Kier molecular flexibility index (Phi) is 12.6. The molecule has 0 aromatic heterocycles. The molecule has 1 heterocycles. The highest BCUT2D eigenvalue weighted by atomic mass is 16.5. The van der Waals surface area contributed by atoms with Gasteiger partial charge in [0.1, 0.15) is 0 Å². The smallest absolute Gasteiger partial charge is 0.317 e. The van der Waals surface area contributed by atoms with Crippen LogP contribution in [0.5, 0.6) is 0 Å². The molecule has 31 heavy (non-hydrogen) atoms. The van der Waals surface area contributed by atoms with Gasteiger partial charge in [0.15, 0.2) is 0 Å². The van der Waals surface area contributed by atoms with Gasteiger partial charge in [0.25, 0.3) is 0 Å². The lowest BCUT2D eigenvalue weighted by Crippen LogP contribution is -2.45. The Labute approximate surface area is 180 Å². The zero-order valence-electron chi connectivity index (χ0n) is 17.5. The van der Waals surface area contributed by atoms with E-state index in [2.05, 4.69) is 0 Å². The summed E-state index contributed by atoms with van der Waals surface area (Å²) in [6.07, 6.45) is 0. The number of hydrogen-bond acceptors (Lipinski definition) is 9. The monoisotopic (exact) mass is 448 g/mol. The summed E-state index contributed by atoms with van der Waals surface area (Å²) < 4.78 is 5.53. The van der Waals surface area contributed by atoms with E-state index in [0.717, 1.165) is 0 Å². The highest BCUT2D eigenvalue weighted by Crippen LogP contribution is 2.00. The van der Waals surface area contributed by atoms with Crippen molar-refractivity contribution in [1.29, 1.82) is 0 Å². The minimum atomic E-state index is -1.04. The van der Waals surface area contributed by atoms with Crippen LogP contribution in [0.25, 0.3) is 0 Å². The van der Waals surface area contributed by atoms with Gasteiger partial charge >= 0.3 is 23.9 Å². The van der Waals surface area contributed by atoms with Gasteiger partial charge in [-0.3, -0.25) is 38.8 Å². The number of rotatable bonds is 8. The molecule has 13 heteroatoms. The summed E-state index contributed by atoms with van der Waals surface area (Å²) in [6.45, 7) is 1.96. The average molecular weight is 448 g/mol. The van der Waals surface area contributed by atoms with E-state index in [-0.39, 0.29) is 52.5 Å². The van der Waals surface area contributed by atoms with Crippen LogP contribution in [0, 0.1) is 0 Å². The van der Waals surface area contributed by atoms with Crippen LogP contribution in [0.4, 0.5) is 0 Å². The van der Waals surface area contributed by atoms with Gasteiger partial charge in [-0.2, -0.15) is 0 Å². The molecular formula is C18H32N4O9. The van der Waals surface area contributed by atoms with Crippen molar-refractivity contribution in [3.8, 4) is 0 Å². The van der Waals surface area contributed by atoms with Crippen molar-refractivity contribution >= 4 is 23.9 Å². The zero-order chi connectivity index (χ0) is 23.2. The molecule has 1 rings (SSSR count). The molecule has 0 aromatic rings. The lowest BCUT2D eigenvalue weighted by molar-refractivity contribution is -0.140. The molecular weight excluding hydrogens is 416 g/mol. The standard InChI is InChI=1S/C18H32N4O9/c23-15(24)11-19-1-2-20(12-16(25)26)4-6-22(14-18(29)30)8-10-31-9-7-21(5-3-19)13-17(27)28/h1-14H2,(H,23,24)(H,25,26)(H,27,28)(H,29,30). The summed E-state index contributed by atoms with van der Waals surface area (Å²) in [4.78, 5) is 51.2. The molecule has 0 aliphatic carbocycles. The number of aliphatic carboxylic acids is 4. The van der Waals surface area contributed by atoms with E-state index in [4.69, 9.17) is 14.9 Å². The fourth-order valence-corrected chi connectivity index (χ4v) is 3.18. The van der Waals surface area contributed by atoms with Gasteiger partial charge in [-0.05, 0) is 0 Å². The van der Waals surface area contributed by atoms with Crippen LogP contribution in [0.3, 0.4) is 0 Å². The fraction of sp³-hybridized carbons (Fsp3) is 0.778. The van der Waals surface area contributed by atoms with Gasteiger partial charge in [-0.15, -0.1) is 0 Å². The molecule has 0 saturated carbocycles. The van der Waals surface area contributed by atoms with Crippen molar-refractivity contribution in [2.45, 2.75) is 0 Å². The Morgan fingerprint density at radius 1 is 0.484 bits per heavy atom. The average Bonchev–Trinajstić information content (AvgIpc) is 2.64. The van der Waals surface area contributed by atoms with Crippen LogP contribution >= 0.6 is 0 Å². The molecule has 0 amide bonds. The largest absolute Gasteiger partial charge is 0.480 e. The first-order valence-electron chi connectivity index (χ1n) is 10.00. The van der Waals surface area contributed by atoms with E-state index >= 15 is 0 Å². The topological polar surface area (TPSA) is 171 Å².